The summed E-state index contributed by atoms with van der Waals surface area (Å²) in [5, 5.41) is 0. The van der Waals surface area contributed by atoms with Crippen LogP contribution < -0.4 is 5.73 Å². The van der Waals surface area contributed by atoms with Crippen molar-refractivity contribution < 1.29 is 13.2 Å². The molecule has 0 radical (unpaired) electrons. The number of carbonyl (C=O) groups is 1. The molecule has 0 aliphatic rings. The van der Waals surface area contributed by atoms with Crippen LogP contribution in [0, 0.1) is 5.92 Å². The van der Waals surface area contributed by atoms with Crippen molar-refractivity contribution in [1.82, 2.24) is 0 Å². The van der Waals surface area contributed by atoms with E-state index in [0.29, 0.717) is 12.3 Å². The van der Waals surface area contributed by atoms with Crippen molar-refractivity contribution in [2.45, 2.75) is 58.4 Å². The second-order valence-corrected chi connectivity index (χ2v) is 7.37. The number of sulfone groups is 1. The first-order valence-electron chi connectivity index (χ1n) is 6.76. The Balaban J connectivity index is 4.12. The Morgan fingerprint density at radius 1 is 1.22 bits per heavy atom. The Morgan fingerprint density at radius 3 is 2.28 bits per heavy atom. The normalized spacial score (nSPS) is 15.3. The average Bonchev–Trinajstić information content (AvgIpc) is 2.30. The monoisotopic (exact) mass is 277 g/mol. The van der Waals surface area contributed by atoms with Crippen LogP contribution in [-0.2, 0) is 14.6 Å². The molecule has 5 heteroatoms. The second-order valence-electron chi connectivity index (χ2n) is 5.11. The van der Waals surface area contributed by atoms with Gasteiger partial charge in [0.15, 0.2) is 0 Å². The zero-order chi connectivity index (χ0) is 14.2. The van der Waals surface area contributed by atoms with Gasteiger partial charge in [-0.25, -0.2) is 8.42 Å². The molecular weight excluding hydrogens is 250 g/mol. The summed E-state index contributed by atoms with van der Waals surface area (Å²) in [6.45, 7) is 4.21. The third kappa shape index (κ3) is 8.64. The van der Waals surface area contributed by atoms with Gasteiger partial charge in [0, 0.05) is 12.7 Å². The third-order valence-electron chi connectivity index (χ3n) is 3.25. The van der Waals surface area contributed by atoms with Gasteiger partial charge in [-0.15, -0.1) is 0 Å². The zero-order valence-corrected chi connectivity index (χ0v) is 12.6. The van der Waals surface area contributed by atoms with Gasteiger partial charge in [-0.05, 0) is 12.3 Å². The van der Waals surface area contributed by atoms with E-state index in [1.165, 1.54) is 6.26 Å². The molecule has 0 fully saturated rings. The molecule has 0 amide bonds. The van der Waals surface area contributed by atoms with Crippen LogP contribution in [0.2, 0.25) is 0 Å². The van der Waals surface area contributed by atoms with E-state index in [4.69, 9.17) is 5.73 Å². The molecule has 2 N–H and O–H groups in total. The van der Waals surface area contributed by atoms with Gasteiger partial charge in [0.05, 0.1) is 11.8 Å². The molecule has 0 aromatic heterocycles. The number of nitrogens with two attached hydrogens (primary N) is 1. The largest absolute Gasteiger partial charge is 0.321 e. The lowest BCUT2D eigenvalue weighted by Crippen LogP contribution is -2.33. The van der Waals surface area contributed by atoms with E-state index in [9.17, 15) is 13.2 Å². The number of ketones is 1. The minimum atomic E-state index is -3.03. The van der Waals surface area contributed by atoms with Gasteiger partial charge in [0.2, 0.25) is 0 Å². The molecule has 0 aliphatic carbocycles. The summed E-state index contributed by atoms with van der Waals surface area (Å²) in [6, 6.07) is -0.629. The van der Waals surface area contributed by atoms with Crippen LogP contribution in [0.3, 0.4) is 0 Å². The van der Waals surface area contributed by atoms with Gasteiger partial charge in [0.25, 0.3) is 0 Å². The molecule has 0 spiro atoms. The van der Waals surface area contributed by atoms with Crippen LogP contribution in [0.15, 0.2) is 0 Å². The van der Waals surface area contributed by atoms with Crippen molar-refractivity contribution in [2.75, 3.05) is 12.0 Å². The van der Waals surface area contributed by atoms with E-state index >= 15 is 0 Å². The molecule has 0 heterocycles. The average molecular weight is 277 g/mol. The van der Waals surface area contributed by atoms with E-state index in [-0.39, 0.29) is 18.0 Å². The number of Topliss-reactive ketones (excluding diaryl/α,β-unsaturated/α-hetero) is 1. The van der Waals surface area contributed by atoms with Crippen molar-refractivity contribution in [1.29, 1.82) is 0 Å². The van der Waals surface area contributed by atoms with E-state index in [1.807, 2.05) is 0 Å². The fourth-order valence-electron chi connectivity index (χ4n) is 1.88. The van der Waals surface area contributed by atoms with E-state index in [2.05, 4.69) is 13.8 Å². The molecule has 0 aromatic carbocycles. The predicted octanol–water partition coefficient (Wildman–Crippen LogP) is 1.92. The standard InChI is InChI=1S/C13H27NO3S/c1-4-6-7-11(5-2)10-13(15)12(14)8-9-18(3,16)17/h11-12H,4-10,14H2,1-3H3. The Morgan fingerprint density at radius 2 is 1.83 bits per heavy atom. The highest BCUT2D eigenvalue weighted by Crippen LogP contribution is 2.18. The first-order chi connectivity index (χ1) is 8.30. The maximum atomic E-state index is 11.9. The Kier molecular flexibility index (Phi) is 8.44. The minimum absolute atomic E-state index is 0.00148. The van der Waals surface area contributed by atoms with E-state index in [0.717, 1.165) is 25.7 Å². The zero-order valence-electron chi connectivity index (χ0n) is 11.8. The van der Waals surface area contributed by atoms with Crippen molar-refractivity contribution in [2.24, 2.45) is 11.7 Å². The summed E-state index contributed by atoms with van der Waals surface area (Å²) in [4.78, 5) is 11.9. The number of unbranched alkanes of at least 4 members (excludes halogenated alkanes) is 1. The Hall–Kier alpha value is -0.420. The fraction of sp³-hybridized carbons (Fsp3) is 0.923. The summed E-state index contributed by atoms with van der Waals surface area (Å²) < 4.78 is 22.0. The van der Waals surface area contributed by atoms with Crippen LogP contribution in [0.4, 0.5) is 0 Å². The van der Waals surface area contributed by atoms with Gasteiger partial charge in [-0.1, -0.05) is 39.5 Å². The Bertz CT molecular complexity index is 338. The van der Waals surface area contributed by atoms with Gasteiger partial charge in [-0.2, -0.15) is 0 Å². The molecule has 0 rings (SSSR count). The Labute approximate surface area is 111 Å². The van der Waals surface area contributed by atoms with Crippen molar-refractivity contribution >= 4 is 15.6 Å². The molecule has 0 saturated heterocycles. The predicted molar refractivity (Wildman–Crippen MR) is 75.2 cm³/mol. The van der Waals surface area contributed by atoms with Crippen LogP contribution in [0.5, 0.6) is 0 Å². The number of rotatable bonds is 10. The van der Waals surface area contributed by atoms with Gasteiger partial charge in [-0.3, -0.25) is 4.79 Å². The van der Waals surface area contributed by atoms with Crippen LogP contribution in [0.1, 0.15) is 52.4 Å². The molecule has 0 bridgehead atoms. The molecular formula is C13H27NO3S. The number of hydrogen-bond donors (Lipinski definition) is 1. The molecule has 18 heavy (non-hydrogen) atoms. The summed E-state index contributed by atoms with van der Waals surface area (Å²) in [5.41, 5.74) is 5.74. The van der Waals surface area contributed by atoms with Crippen LogP contribution in [-0.4, -0.2) is 32.3 Å². The first kappa shape index (κ1) is 17.6. The summed E-state index contributed by atoms with van der Waals surface area (Å²) >= 11 is 0. The topological polar surface area (TPSA) is 77.2 Å². The molecule has 4 nitrogen and oxygen atoms in total. The van der Waals surface area contributed by atoms with Crippen molar-refractivity contribution in [3.63, 3.8) is 0 Å². The molecule has 0 aliphatic heterocycles. The minimum Gasteiger partial charge on any atom is -0.321 e. The highest BCUT2D eigenvalue weighted by atomic mass is 32.2. The van der Waals surface area contributed by atoms with Gasteiger partial charge in [0.1, 0.15) is 15.6 Å². The molecule has 2 unspecified atom stereocenters. The molecule has 0 aromatic rings. The quantitative estimate of drug-likeness (QED) is 0.662. The number of carbonyl (C=O) groups excluding carboxylic acids is 1. The second kappa shape index (κ2) is 8.64. The van der Waals surface area contributed by atoms with Crippen molar-refractivity contribution in [3.05, 3.63) is 0 Å². The summed E-state index contributed by atoms with van der Waals surface area (Å²) in [5.74, 6) is 0.384. The number of hydrogen-bond acceptors (Lipinski definition) is 4. The fourth-order valence-corrected chi connectivity index (χ4v) is 2.56. The van der Waals surface area contributed by atoms with Gasteiger partial charge >= 0.3 is 0 Å². The summed E-state index contributed by atoms with van der Waals surface area (Å²) in [7, 11) is -3.03. The smallest absolute Gasteiger partial charge is 0.149 e. The lowest BCUT2D eigenvalue weighted by atomic mass is 9.91. The maximum absolute atomic E-state index is 11.9. The highest BCUT2D eigenvalue weighted by molar-refractivity contribution is 7.90. The molecule has 0 saturated carbocycles. The van der Waals surface area contributed by atoms with E-state index in [1.54, 1.807) is 0 Å². The maximum Gasteiger partial charge on any atom is 0.149 e. The SMILES string of the molecule is CCCCC(CC)CC(=O)C(N)CCS(C)(=O)=O. The lowest BCUT2D eigenvalue weighted by Gasteiger charge is -2.16. The van der Waals surface area contributed by atoms with Crippen LogP contribution >= 0.6 is 0 Å². The van der Waals surface area contributed by atoms with E-state index < -0.39 is 15.9 Å². The van der Waals surface area contributed by atoms with Crippen molar-refractivity contribution in [3.8, 4) is 0 Å². The first-order valence-corrected chi connectivity index (χ1v) is 8.82. The molecule has 108 valence electrons. The highest BCUT2D eigenvalue weighted by Gasteiger charge is 2.19. The van der Waals surface area contributed by atoms with Gasteiger partial charge < -0.3 is 5.73 Å². The lowest BCUT2D eigenvalue weighted by molar-refractivity contribution is -0.121. The molecule has 2 atom stereocenters. The summed E-state index contributed by atoms with van der Waals surface area (Å²) in [6.07, 6.45) is 6.18. The van der Waals surface area contributed by atoms with Crippen LogP contribution in [0.25, 0.3) is 0 Å². The third-order valence-corrected chi connectivity index (χ3v) is 4.22.